The van der Waals surface area contributed by atoms with E-state index in [0.717, 1.165) is 30.2 Å². The van der Waals surface area contributed by atoms with Crippen LogP contribution in [0.15, 0.2) is 28.1 Å². The van der Waals surface area contributed by atoms with Gasteiger partial charge < -0.3 is 10.6 Å². The number of nitrogens with zero attached hydrogens (tertiary/aromatic N) is 1. The minimum Gasteiger partial charge on any atom is -0.357 e. The molecule has 0 aliphatic heterocycles. The van der Waals surface area contributed by atoms with Crippen LogP contribution in [0.5, 0.6) is 0 Å². The smallest absolute Gasteiger partial charge is 0.191 e. The van der Waals surface area contributed by atoms with Gasteiger partial charge in [-0.15, -0.1) is 24.0 Å². The third kappa shape index (κ3) is 9.78. The van der Waals surface area contributed by atoms with E-state index in [9.17, 15) is 8.42 Å². The molecule has 0 radical (unpaired) electrons. The number of unbranched alkanes of at least 4 members (excludes halogenated alkanes) is 1. The van der Waals surface area contributed by atoms with Crippen LogP contribution < -0.4 is 10.6 Å². The number of sulfone groups is 1. The predicted molar refractivity (Wildman–Crippen MR) is 126 cm³/mol. The molecule has 1 rings (SSSR count). The fraction of sp³-hybridized carbons (Fsp3) is 0.650. The topological polar surface area (TPSA) is 70.6 Å². The van der Waals surface area contributed by atoms with Crippen molar-refractivity contribution in [2.75, 3.05) is 19.3 Å². The van der Waals surface area contributed by atoms with Crippen molar-refractivity contribution in [1.82, 2.24) is 10.6 Å². The minimum atomic E-state index is -3.18. The van der Waals surface area contributed by atoms with Crippen LogP contribution >= 0.6 is 24.0 Å². The summed E-state index contributed by atoms with van der Waals surface area (Å²) in [6, 6.07) is 5.42. The molecule has 0 fully saturated rings. The molecule has 1 aromatic carbocycles. The molecule has 2 N–H and O–H groups in total. The van der Waals surface area contributed by atoms with Gasteiger partial charge in [0.1, 0.15) is 0 Å². The van der Waals surface area contributed by atoms with E-state index in [1.807, 2.05) is 19.1 Å². The van der Waals surface area contributed by atoms with Crippen LogP contribution in [0.25, 0.3) is 0 Å². The first-order chi connectivity index (χ1) is 12.3. The van der Waals surface area contributed by atoms with Gasteiger partial charge in [0.15, 0.2) is 15.8 Å². The van der Waals surface area contributed by atoms with Gasteiger partial charge in [-0.2, -0.15) is 0 Å². The zero-order valence-corrected chi connectivity index (χ0v) is 20.5. The fourth-order valence-electron chi connectivity index (χ4n) is 2.92. The van der Waals surface area contributed by atoms with Gasteiger partial charge in [-0.05, 0) is 43.4 Å². The largest absolute Gasteiger partial charge is 0.357 e. The van der Waals surface area contributed by atoms with Crippen LogP contribution in [0.2, 0.25) is 0 Å². The van der Waals surface area contributed by atoms with Gasteiger partial charge in [0.25, 0.3) is 0 Å². The molecule has 0 bridgehead atoms. The van der Waals surface area contributed by atoms with Gasteiger partial charge >= 0.3 is 0 Å². The third-order valence-electron chi connectivity index (χ3n) is 4.50. The highest BCUT2D eigenvalue weighted by Gasteiger charge is 2.11. The van der Waals surface area contributed by atoms with Crippen molar-refractivity contribution in [3.8, 4) is 0 Å². The first-order valence-corrected chi connectivity index (χ1v) is 11.5. The summed E-state index contributed by atoms with van der Waals surface area (Å²) in [6.07, 6.45) is 6.14. The number of rotatable bonds is 10. The van der Waals surface area contributed by atoms with Gasteiger partial charge in [-0.3, -0.25) is 0 Å². The number of benzene rings is 1. The van der Waals surface area contributed by atoms with E-state index < -0.39 is 9.84 Å². The summed E-state index contributed by atoms with van der Waals surface area (Å²) in [5.74, 6) is 1.47. The Labute approximate surface area is 182 Å². The average molecular weight is 509 g/mol. The van der Waals surface area contributed by atoms with Crippen molar-refractivity contribution >= 4 is 39.8 Å². The molecule has 27 heavy (non-hydrogen) atoms. The summed E-state index contributed by atoms with van der Waals surface area (Å²) in [4.78, 5) is 5.03. The second kappa shape index (κ2) is 13.4. The summed E-state index contributed by atoms with van der Waals surface area (Å²) in [6.45, 7) is 10.6. The van der Waals surface area contributed by atoms with Crippen molar-refractivity contribution in [1.29, 1.82) is 0 Å². The predicted octanol–water partition coefficient (Wildman–Crippen LogP) is 4.29. The summed E-state index contributed by atoms with van der Waals surface area (Å²) < 4.78 is 23.4. The Bertz CT molecular complexity index is 690. The Hall–Kier alpha value is -0.830. The first kappa shape index (κ1) is 26.2. The van der Waals surface area contributed by atoms with Crippen molar-refractivity contribution < 1.29 is 8.42 Å². The first-order valence-electron chi connectivity index (χ1n) is 9.63. The van der Waals surface area contributed by atoms with Crippen molar-refractivity contribution in [3.63, 3.8) is 0 Å². The second-order valence-electron chi connectivity index (χ2n) is 6.86. The van der Waals surface area contributed by atoms with E-state index in [0.29, 0.717) is 17.4 Å². The molecule has 0 heterocycles. The molecule has 5 nitrogen and oxygen atoms in total. The van der Waals surface area contributed by atoms with E-state index >= 15 is 0 Å². The Morgan fingerprint density at radius 3 is 2.41 bits per heavy atom. The van der Waals surface area contributed by atoms with Crippen molar-refractivity contribution in [2.45, 2.75) is 64.8 Å². The van der Waals surface area contributed by atoms with Crippen LogP contribution in [0.1, 0.15) is 57.6 Å². The lowest BCUT2D eigenvalue weighted by Crippen LogP contribution is -2.39. The maximum atomic E-state index is 11.7. The molecular formula is C20H36IN3O2S. The zero-order chi connectivity index (χ0) is 19.6. The summed E-state index contributed by atoms with van der Waals surface area (Å²) in [5.41, 5.74) is 1.77. The van der Waals surface area contributed by atoms with Crippen molar-refractivity contribution in [2.24, 2.45) is 10.9 Å². The maximum Gasteiger partial charge on any atom is 0.191 e. The summed E-state index contributed by atoms with van der Waals surface area (Å²) in [5, 5.41) is 6.73. The molecular weight excluding hydrogens is 473 g/mol. The lowest BCUT2D eigenvalue weighted by atomic mass is 9.99. The normalized spacial score (nSPS) is 13.0. The SMILES string of the molecule is CCCCC(CC)CNC(=NCc1ccc(S(C)(=O)=O)c(C)c1)NCC.I. The molecule has 7 heteroatoms. The number of hydrogen-bond donors (Lipinski definition) is 2. The molecule has 0 aliphatic rings. The van der Waals surface area contributed by atoms with E-state index in [4.69, 9.17) is 0 Å². The molecule has 0 saturated carbocycles. The van der Waals surface area contributed by atoms with Gasteiger partial charge in [0, 0.05) is 19.3 Å². The summed E-state index contributed by atoms with van der Waals surface area (Å²) in [7, 11) is -3.18. The lowest BCUT2D eigenvalue weighted by Gasteiger charge is -2.18. The number of aliphatic imine (C=N–C) groups is 1. The second-order valence-corrected chi connectivity index (χ2v) is 8.85. The molecule has 0 aromatic heterocycles. The van der Waals surface area contributed by atoms with E-state index in [2.05, 4.69) is 36.4 Å². The van der Waals surface area contributed by atoms with Crippen LogP contribution in [-0.2, 0) is 16.4 Å². The Morgan fingerprint density at radius 1 is 1.19 bits per heavy atom. The molecule has 1 aromatic rings. The van der Waals surface area contributed by atoms with Crippen LogP contribution in [0.3, 0.4) is 0 Å². The summed E-state index contributed by atoms with van der Waals surface area (Å²) >= 11 is 0. The fourth-order valence-corrected chi connectivity index (χ4v) is 3.88. The Balaban J connectivity index is 0.00000676. The number of aryl methyl sites for hydroxylation is 1. The highest BCUT2D eigenvalue weighted by molar-refractivity contribution is 14.0. The van der Waals surface area contributed by atoms with E-state index in [1.54, 1.807) is 6.07 Å². The van der Waals surface area contributed by atoms with Crippen LogP contribution in [-0.4, -0.2) is 33.7 Å². The monoisotopic (exact) mass is 509 g/mol. The highest BCUT2D eigenvalue weighted by atomic mass is 127. The van der Waals surface area contributed by atoms with E-state index in [1.165, 1.54) is 31.9 Å². The molecule has 0 saturated heterocycles. The molecule has 0 amide bonds. The zero-order valence-electron chi connectivity index (χ0n) is 17.3. The Kier molecular flexibility index (Phi) is 13.0. The molecule has 1 atom stereocenters. The highest BCUT2D eigenvalue weighted by Crippen LogP contribution is 2.17. The minimum absolute atomic E-state index is 0. The van der Waals surface area contributed by atoms with Crippen LogP contribution in [0, 0.1) is 12.8 Å². The lowest BCUT2D eigenvalue weighted by molar-refractivity contribution is 0.443. The number of guanidine groups is 1. The molecule has 0 aliphatic carbocycles. The third-order valence-corrected chi connectivity index (χ3v) is 5.76. The van der Waals surface area contributed by atoms with Crippen LogP contribution in [0.4, 0.5) is 0 Å². The Morgan fingerprint density at radius 2 is 1.89 bits per heavy atom. The number of halogens is 1. The number of nitrogens with one attached hydrogen (secondary N) is 2. The maximum absolute atomic E-state index is 11.7. The quantitative estimate of drug-likeness (QED) is 0.281. The molecule has 1 unspecified atom stereocenters. The molecule has 156 valence electrons. The average Bonchev–Trinajstić information content (AvgIpc) is 2.58. The van der Waals surface area contributed by atoms with Gasteiger partial charge in [0.05, 0.1) is 11.4 Å². The van der Waals surface area contributed by atoms with E-state index in [-0.39, 0.29) is 24.0 Å². The van der Waals surface area contributed by atoms with Gasteiger partial charge in [-0.25, -0.2) is 13.4 Å². The standard InChI is InChI=1S/C20H35N3O2S.HI/c1-6-9-10-17(7-2)14-22-20(21-8-3)23-15-18-11-12-19(16(4)13-18)26(5,24)25;/h11-13,17H,6-10,14-15H2,1-5H3,(H2,21,22,23);1H. The van der Waals surface area contributed by atoms with Gasteiger partial charge in [-0.1, -0.05) is 45.2 Å². The van der Waals surface area contributed by atoms with Gasteiger partial charge in [0.2, 0.25) is 0 Å². The number of hydrogen-bond acceptors (Lipinski definition) is 3. The van der Waals surface area contributed by atoms with Crippen molar-refractivity contribution in [3.05, 3.63) is 29.3 Å². The molecule has 0 spiro atoms.